The number of likely N-dealkylation sites (tertiary alicyclic amines) is 1. The Morgan fingerprint density at radius 3 is 3.00 bits per heavy atom. The first kappa shape index (κ1) is 11.3. The molecule has 2 heterocycles. The van der Waals surface area contributed by atoms with Crippen molar-refractivity contribution in [3.8, 4) is 0 Å². The molecule has 1 aromatic rings. The van der Waals surface area contributed by atoms with E-state index < -0.39 is 0 Å². The maximum absolute atomic E-state index is 11.0. The molecule has 1 amide bonds. The number of rotatable bonds is 2. The lowest BCUT2D eigenvalue weighted by atomic mass is 9.95. The fraction of sp³-hybridized carbons (Fsp3) is 0.500. The van der Waals surface area contributed by atoms with Gasteiger partial charge in [0.05, 0.1) is 6.04 Å². The smallest absolute Gasteiger partial charge is 0.210 e. The number of aryl methyl sites for hydroxylation is 1. The molecule has 2 rings (SSSR count). The van der Waals surface area contributed by atoms with Crippen molar-refractivity contribution < 1.29 is 4.79 Å². The lowest BCUT2D eigenvalue weighted by molar-refractivity contribution is -0.121. The Bertz CT molecular complexity index is 441. The minimum Gasteiger partial charge on any atom is -0.350 e. The highest BCUT2D eigenvalue weighted by atomic mass is 32.1. The molecule has 0 saturated carbocycles. The zero-order chi connectivity index (χ0) is 11.5. The van der Waals surface area contributed by atoms with Gasteiger partial charge < -0.3 is 9.88 Å². The van der Waals surface area contributed by atoms with Gasteiger partial charge in [0, 0.05) is 12.2 Å². The summed E-state index contributed by atoms with van der Waals surface area (Å²) in [7, 11) is 0. The van der Waals surface area contributed by atoms with Crippen molar-refractivity contribution >= 4 is 18.6 Å². The van der Waals surface area contributed by atoms with Crippen LogP contribution in [0.5, 0.6) is 0 Å². The van der Waals surface area contributed by atoms with E-state index in [4.69, 9.17) is 12.2 Å². The molecule has 1 aliphatic rings. The topological polar surface area (TPSA) is 36.1 Å². The monoisotopic (exact) mass is 236 g/mol. The molecule has 0 radical (unpaired) electrons. The quantitative estimate of drug-likeness (QED) is 0.633. The summed E-state index contributed by atoms with van der Waals surface area (Å²) in [5.74, 6) is 0. The van der Waals surface area contributed by atoms with Gasteiger partial charge in [-0.25, -0.2) is 0 Å². The maximum atomic E-state index is 11.0. The number of carbonyl (C=O) groups excluding carboxylic acids is 1. The minimum atomic E-state index is 0.220. The SMILES string of the molecule is Cc1[nH]c(=S)ccc1C1CCCCN1C=O. The molecule has 16 heavy (non-hydrogen) atoms. The van der Waals surface area contributed by atoms with Gasteiger partial charge in [0.15, 0.2) is 0 Å². The molecule has 0 bridgehead atoms. The predicted molar refractivity (Wildman–Crippen MR) is 65.7 cm³/mol. The molecule has 4 heteroatoms. The van der Waals surface area contributed by atoms with Gasteiger partial charge in [0.2, 0.25) is 6.41 Å². The van der Waals surface area contributed by atoms with Gasteiger partial charge in [-0.3, -0.25) is 4.79 Å². The number of hydrogen-bond donors (Lipinski definition) is 1. The molecule has 1 aliphatic heterocycles. The average Bonchev–Trinajstić information content (AvgIpc) is 2.29. The number of nitrogens with zero attached hydrogens (tertiary/aromatic N) is 1. The van der Waals surface area contributed by atoms with Crippen molar-refractivity contribution in [3.63, 3.8) is 0 Å². The van der Waals surface area contributed by atoms with Crippen LogP contribution in [-0.2, 0) is 4.79 Å². The molecule has 1 saturated heterocycles. The highest BCUT2D eigenvalue weighted by Crippen LogP contribution is 2.30. The first-order chi connectivity index (χ1) is 7.72. The van der Waals surface area contributed by atoms with Crippen molar-refractivity contribution in [3.05, 3.63) is 28.0 Å². The molecule has 1 atom stereocenters. The van der Waals surface area contributed by atoms with E-state index in [0.29, 0.717) is 0 Å². The van der Waals surface area contributed by atoms with Gasteiger partial charge in [0.25, 0.3) is 0 Å². The van der Waals surface area contributed by atoms with Gasteiger partial charge in [0.1, 0.15) is 4.64 Å². The van der Waals surface area contributed by atoms with Crippen molar-refractivity contribution in [2.75, 3.05) is 6.54 Å². The molecule has 1 fully saturated rings. The van der Waals surface area contributed by atoms with Gasteiger partial charge in [-0.05, 0) is 37.8 Å². The first-order valence-electron chi connectivity index (χ1n) is 5.63. The second kappa shape index (κ2) is 4.78. The predicted octanol–water partition coefficient (Wildman–Crippen LogP) is 2.74. The van der Waals surface area contributed by atoms with Crippen LogP contribution in [-0.4, -0.2) is 22.8 Å². The minimum absolute atomic E-state index is 0.220. The molecule has 0 aromatic carbocycles. The number of aromatic nitrogens is 1. The number of nitrogens with one attached hydrogen (secondary N) is 1. The molecule has 1 aromatic heterocycles. The van der Waals surface area contributed by atoms with Gasteiger partial charge in [-0.2, -0.15) is 0 Å². The van der Waals surface area contributed by atoms with E-state index in [1.807, 2.05) is 24.0 Å². The lowest BCUT2D eigenvalue weighted by Crippen LogP contribution is -2.32. The van der Waals surface area contributed by atoms with Crippen LogP contribution in [0.2, 0.25) is 0 Å². The molecule has 86 valence electrons. The largest absolute Gasteiger partial charge is 0.350 e. The number of piperidine rings is 1. The Morgan fingerprint density at radius 2 is 2.31 bits per heavy atom. The van der Waals surface area contributed by atoms with E-state index in [1.54, 1.807) is 0 Å². The van der Waals surface area contributed by atoms with Crippen LogP contribution in [0.1, 0.15) is 36.6 Å². The van der Waals surface area contributed by atoms with Crippen molar-refractivity contribution in [2.24, 2.45) is 0 Å². The summed E-state index contributed by atoms with van der Waals surface area (Å²) in [4.78, 5) is 16.1. The second-order valence-electron chi connectivity index (χ2n) is 4.26. The maximum Gasteiger partial charge on any atom is 0.210 e. The van der Waals surface area contributed by atoms with E-state index in [0.717, 1.165) is 36.1 Å². The lowest BCUT2D eigenvalue weighted by Gasteiger charge is -2.33. The third kappa shape index (κ3) is 2.16. The molecule has 1 N–H and O–H groups in total. The van der Waals surface area contributed by atoms with Crippen molar-refractivity contribution in [1.29, 1.82) is 0 Å². The van der Waals surface area contributed by atoms with E-state index >= 15 is 0 Å². The summed E-state index contributed by atoms with van der Waals surface area (Å²) in [6.07, 6.45) is 4.30. The normalized spacial score (nSPS) is 20.8. The zero-order valence-corrected chi connectivity index (χ0v) is 10.2. The van der Waals surface area contributed by atoms with Gasteiger partial charge >= 0.3 is 0 Å². The fourth-order valence-corrected chi connectivity index (χ4v) is 2.59. The second-order valence-corrected chi connectivity index (χ2v) is 4.70. The summed E-state index contributed by atoms with van der Waals surface area (Å²) in [6, 6.07) is 4.16. The Balaban J connectivity index is 2.34. The number of carbonyl (C=O) groups is 1. The van der Waals surface area contributed by atoms with Crippen molar-refractivity contribution in [2.45, 2.75) is 32.2 Å². The Hall–Kier alpha value is -1.16. The van der Waals surface area contributed by atoms with Crippen LogP contribution >= 0.6 is 12.2 Å². The summed E-state index contributed by atoms with van der Waals surface area (Å²) >= 11 is 5.08. The molecule has 3 nitrogen and oxygen atoms in total. The van der Waals surface area contributed by atoms with Gasteiger partial charge in [-0.15, -0.1) is 0 Å². The summed E-state index contributed by atoms with van der Waals surface area (Å²) in [5, 5.41) is 0. The standard InChI is InChI=1S/C12H16N2OS/c1-9-10(5-6-12(16)13-9)11-4-2-3-7-14(11)8-15/h5-6,8,11H,2-4,7H2,1H3,(H,13,16). The third-order valence-electron chi connectivity index (χ3n) is 3.20. The van der Waals surface area contributed by atoms with Gasteiger partial charge in [-0.1, -0.05) is 18.3 Å². The van der Waals surface area contributed by atoms with Crippen LogP contribution in [0.15, 0.2) is 12.1 Å². The van der Waals surface area contributed by atoms with Crippen LogP contribution < -0.4 is 0 Å². The summed E-state index contributed by atoms with van der Waals surface area (Å²) < 4.78 is 0.745. The van der Waals surface area contributed by atoms with Crippen LogP contribution in [0.4, 0.5) is 0 Å². The van der Waals surface area contributed by atoms with E-state index in [9.17, 15) is 4.79 Å². The number of hydrogen-bond acceptors (Lipinski definition) is 2. The van der Waals surface area contributed by atoms with E-state index in [-0.39, 0.29) is 6.04 Å². The Labute approximate surface area is 100 Å². The number of H-pyrrole nitrogens is 1. The highest BCUT2D eigenvalue weighted by Gasteiger charge is 2.23. The third-order valence-corrected chi connectivity index (χ3v) is 3.43. The zero-order valence-electron chi connectivity index (χ0n) is 9.40. The highest BCUT2D eigenvalue weighted by molar-refractivity contribution is 7.71. The van der Waals surface area contributed by atoms with Crippen LogP contribution in [0, 0.1) is 11.6 Å². The number of aromatic amines is 1. The fourth-order valence-electron chi connectivity index (χ4n) is 2.36. The molecule has 0 spiro atoms. The number of amides is 1. The first-order valence-corrected chi connectivity index (χ1v) is 6.04. The summed E-state index contributed by atoms with van der Waals surface area (Å²) in [5.41, 5.74) is 2.27. The molecular weight excluding hydrogens is 220 g/mol. The van der Waals surface area contributed by atoms with E-state index in [1.165, 1.54) is 12.0 Å². The Morgan fingerprint density at radius 1 is 1.50 bits per heavy atom. The van der Waals surface area contributed by atoms with Crippen LogP contribution in [0.3, 0.4) is 0 Å². The van der Waals surface area contributed by atoms with E-state index in [2.05, 4.69) is 4.98 Å². The Kier molecular flexibility index (Phi) is 3.39. The molecule has 0 aliphatic carbocycles. The molecular formula is C12H16N2OS. The van der Waals surface area contributed by atoms with Crippen LogP contribution in [0.25, 0.3) is 0 Å². The molecule has 1 unspecified atom stereocenters. The summed E-state index contributed by atoms with van der Waals surface area (Å²) in [6.45, 7) is 2.88. The average molecular weight is 236 g/mol. The van der Waals surface area contributed by atoms with Crippen molar-refractivity contribution in [1.82, 2.24) is 9.88 Å². The number of pyridine rings is 1.